The van der Waals surface area contributed by atoms with E-state index in [0.717, 1.165) is 12.8 Å². The van der Waals surface area contributed by atoms with Gasteiger partial charge in [0.1, 0.15) is 11.4 Å². The molecule has 1 aromatic heterocycles. The molecule has 22 heavy (non-hydrogen) atoms. The maximum Gasteiger partial charge on any atom is 0.343 e. The number of hydrogen-bond acceptors (Lipinski definition) is 7. The molecule has 0 saturated heterocycles. The molecule has 0 unspecified atom stereocenters. The van der Waals surface area contributed by atoms with Crippen LogP contribution in [-0.4, -0.2) is 42.0 Å². The Morgan fingerprint density at radius 1 is 1.27 bits per heavy atom. The second-order valence-corrected chi connectivity index (χ2v) is 4.32. The molecule has 0 amide bonds. The molecule has 8 heteroatoms. The zero-order chi connectivity index (χ0) is 16.2. The number of esters is 2. The Bertz CT molecular complexity index is 498. The van der Waals surface area contributed by atoms with E-state index in [-0.39, 0.29) is 11.4 Å². The third-order valence-electron chi connectivity index (χ3n) is 2.62. The Balaban J connectivity index is 1.99. The molecule has 0 atom stereocenters. The standard InChI is InChI=1S/C14H21N3O5/c1-2-21-12(18)6-9-20-7-4-3-5-8-22-14(19)11-10-16-17-13(11)15/h6,9-10H,2-5,7-8H2,1H3,(H3,15,16,17)/b9-6+. The van der Waals surface area contributed by atoms with Gasteiger partial charge in [-0.05, 0) is 26.2 Å². The molecule has 0 aliphatic carbocycles. The number of rotatable bonds is 10. The molecular formula is C14H21N3O5. The number of nitrogens with zero attached hydrogens (tertiary/aromatic N) is 1. The number of carbonyl (C=O) groups is 2. The Hall–Kier alpha value is -2.51. The first-order chi connectivity index (χ1) is 10.6. The summed E-state index contributed by atoms with van der Waals surface area (Å²) in [4.78, 5) is 22.5. The quantitative estimate of drug-likeness (QED) is 0.290. The molecule has 8 nitrogen and oxygen atoms in total. The highest BCUT2D eigenvalue weighted by molar-refractivity contribution is 5.93. The van der Waals surface area contributed by atoms with Crippen molar-refractivity contribution in [1.82, 2.24) is 10.2 Å². The minimum absolute atomic E-state index is 0.201. The largest absolute Gasteiger partial charge is 0.501 e. The fourth-order valence-electron chi connectivity index (χ4n) is 1.53. The summed E-state index contributed by atoms with van der Waals surface area (Å²) in [6.07, 6.45) is 6.23. The van der Waals surface area contributed by atoms with E-state index in [1.54, 1.807) is 6.92 Å². The average molecular weight is 311 g/mol. The predicted octanol–water partition coefficient (Wildman–Crippen LogP) is 1.41. The molecule has 0 radical (unpaired) electrons. The fourth-order valence-corrected chi connectivity index (χ4v) is 1.53. The van der Waals surface area contributed by atoms with E-state index < -0.39 is 11.9 Å². The molecule has 3 N–H and O–H groups in total. The van der Waals surface area contributed by atoms with Crippen LogP contribution >= 0.6 is 0 Å². The van der Waals surface area contributed by atoms with Crippen molar-refractivity contribution in [2.24, 2.45) is 0 Å². The van der Waals surface area contributed by atoms with E-state index >= 15 is 0 Å². The highest BCUT2D eigenvalue weighted by atomic mass is 16.5. The van der Waals surface area contributed by atoms with E-state index in [4.69, 9.17) is 19.9 Å². The van der Waals surface area contributed by atoms with Crippen LogP contribution in [0.5, 0.6) is 0 Å². The number of carbonyl (C=O) groups excluding carboxylic acids is 2. The predicted molar refractivity (Wildman–Crippen MR) is 78.9 cm³/mol. The molecule has 0 aliphatic rings. The second-order valence-electron chi connectivity index (χ2n) is 4.32. The van der Waals surface area contributed by atoms with Gasteiger partial charge in [-0.15, -0.1) is 0 Å². The number of aromatic amines is 1. The summed E-state index contributed by atoms with van der Waals surface area (Å²) >= 11 is 0. The Morgan fingerprint density at radius 2 is 2.05 bits per heavy atom. The van der Waals surface area contributed by atoms with Gasteiger partial charge in [0.2, 0.25) is 0 Å². The molecule has 0 spiro atoms. The van der Waals surface area contributed by atoms with Gasteiger partial charge in [-0.25, -0.2) is 9.59 Å². The monoisotopic (exact) mass is 311 g/mol. The van der Waals surface area contributed by atoms with Crippen LogP contribution in [0.3, 0.4) is 0 Å². The van der Waals surface area contributed by atoms with Crippen molar-refractivity contribution >= 4 is 17.8 Å². The van der Waals surface area contributed by atoms with Gasteiger partial charge in [0.15, 0.2) is 0 Å². The van der Waals surface area contributed by atoms with Gasteiger partial charge in [-0.1, -0.05) is 0 Å². The number of unbranched alkanes of at least 4 members (excludes halogenated alkanes) is 2. The van der Waals surface area contributed by atoms with Crippen LogP contribution in [0.15, 0.2) is 18.5 Å². The van der Waals surface area contributed by atoms with Gasteiger partial charge in [-0.3, -0.25) is 5.10 Å². The second kappa shape index (κ2) is 10.3. The Morgan fingerprint density at radius 3 is 2.73 bits per heavy atom. The molecule has 0 bridgehead atoms. The lowest BCUT2D eigenvalue weighted by atomic mass is 10.2. The van der Waals surface area contributed by atoms with E-state index in [0.29, 0.717) is 26.2 Å². The van der Waals surface area contributed by atoms with Crippen LogP contribution in [0.2, 0.25) is 0 Å². The van der Waals surface area contributed by atoms with Gasteiger partial charge in [0.25, 0.3) is 0 Å². The average Bonchev–Trinajstić information content (AvgIpc) is 2.92. The number of aromatic nitrogens is 2. The van der Waals surface area contributed by atoms with Gasteiger partial charge in [0.05, 0.1) is 38.4 Å². The molecular weight excluding hydrogens is 290 g/mol. The summed E-state index contributed by atoms with van der Waals surface area (Å²) in [5.74, 6) is -0.709. The van der Waals surface area contributed by atoms with Crippen LogP contribution in [0, 0.1) is 0 Å². The zero-order valence-corrected chi connectivity index (χ0v) is 12.5. The van der Waals surface area contributed by atoms with Crippen LogP contribution in [-0.2, 0) is 19.0 Å². The van der Waals surface area contributed by atoms with Gasteiger partial charge < -0.3 is 19.9 Å². The Labute approximate surface area is 128 Å². The zero-order valence-electron chi connectivity index (χ0n) is 12.5. The topological polar surface area (TPSA) is 117 Å². The lowest BCUT2D eigenvalue weighted by molar-refractivity contribution is -0.137. The lowest BCUT2D eigenvalue weighted by Gasteiger charge is -2.04. The van der Waals surface area contributed by atoms with Crippen molar-refractivity contribution < 1.29 is 23.8 Å². The summed E-state index contributed by atoms with van der Waals surface area (Å²) in [6.45, 7) is 2.87. The number of ether oxygens (including phenoxy) is 3. The summed E-state index contributed by atoms with van der Waals surface area (Å²) in [5.41, 5.74) is 5.75. The van der Waals surface area contributed by atoms with E-state index in [2.05, 4.69) is 10.2 Å². The van der Waals surface area contributed by atoms with Crippen LogP contribution in [0.4, 0.5) is 5.82 Å². The van der Waals surface area contributed by atoms with Crippen molar-refractivity contribution in [3.63, 3.8) is 0 Å². The van der Waals surface area contributed by atoms with Gasteiger partial charge in [-0.2, -0.15) is 5.10 Å². The molecule has 0 aromatic carbocycles. The fraction of sp³-hybridized carbons (Fsp3) is 0.500. The van der Waals surface area contributed by atoms with Crippen molar-refractivity contribution in [2.75, 3.05) is 25.6 Å². The van der Waals surface area contributed by atoms with E-state index in [9.17, 15) is 9.59 Å². The van der Waals surface area contributed by atoms with E-state index in [1.807, 2.05) is 0 Å². The molecule has 1 aromatic rings. The number of nitrogen functional groups attached to an aromatic ring is 1. The number of anilines is 1. The van der Waals surface area contributed by atoms with Crippen molar-refractivity contribution in [1.29, 1.82) is 0 Å². The van der Waals surface area contributed by atoms with Gasteiger partial charge in [0, 0.05) is 0 Å². The minimum Gasteiger partial charge on any atom is -0.501 e. The number of nitrogens with one attached hydrogen (secondary N) is 1. The van der Waals surface area contributed by atoms with Crippen LogP contribution in [0.25, 0.3) is 0 Å². The summed E-state index contributed by atoms with van der Waals surface area (Å²) in [7, 11) is 0. The lowest BCUT2D eigenvalue weighted by Crippen LogP contribution is -2.08. The molecule has 1 rings (SSSR count). The molecule has 0 fully saturated rings. The third-order valence-corrected chi connectivity index (χ3v) is 2.62. The first kappa shape index (κ1) is 17.5. The maximum absolute atomic E-state index is 11.6. The first-order valence-electron chi connectivity index (χ1n) is 7.06. The van der Waals surface area contributed by atoms with Crippen LogP contribution in [0.1, 0.15) is 36.5 Å². The maximum atomic E-state index is 11.6. The van der Waals surface area contributed by atoms with Gasteiger partial charge >= 0.3 is 11.9 Å². The molecule has 0 aliphatic heterocycles. The van der Waals surface area contributed by atoms with Crippen molar-refractivity contribution in [3.05, 3.63) is 24.1 Å². The number of H-pyrrole nitrogens is 1. The first-order valence-corrected chi connectivity index (χ1v) is 7.06. The SMILES string of the molecule is CCOC(=O)/C=C/OCCCCCOC(=O)c1cn[nH]c1N. The number of hydrogen-bond donors (Lipinski definition) is 2. The highest BCUT2D eigenvalue weighted by Crippen LogP contribution is 2.08. The smallest absolute Gasteiger partial charge is 0.343 e. The summed E-state index contributed by atoms with van der Waals surface area (Å²) in [6, 6.07) is 0. The molecule has 0 saturated carbocycles. The minimum atomic E-state index is -0.486. The third kappa shape index (κ3) is 6.78. The highest BCUT2D eigenvalue weighted by Gasteiger charge is 2.12. The van der Waals surface area contributed by atoms with Crippen LogP contribution < -0.4 is 5.73 Å². The molecule has 1 heterocycles. The van der Waals surface area contributed by atoms with Crippen molar-refractivity contribution in [3.8, 4) is 0 Å². The normalized spacial score (nSPS) is 10.6. The summed E-state index contributed by atoms with van der Waals surface area (Å²) < 4.78 is 14.9. The summed E-state index contributed by atoms with van der Waals surface area (Å²) in [5, 5.41) is 6.11. The van der Waals surface area contributed by atoms with E-state index in [1.165, 1.54) is 18.5 Å². The molecule has 122 valence electrons. The number of nitrogens with two attached hydrogens (primary N) is 1. The Kier molecular flexibility index (Phi) is 8.17. The van der Waals surface area contributed by atoms with Crippen molar-refractivity contribution in [2.45, 2.75) is 26.2 Å².